The number of phenolic OH excluding ortho intramolecular Hbond substituents is 1. The van der Waals surface area contributed by atoms with Gasteiger partial charge in [-0.25, -0.2) is 12.8 Å². The third kappa shape index (κ3) is 3.45. The molecule has 0 aliphatic heterocycles. The van der Waals surface area contributed by atoms with Gasteiger partial charge in [0.15, 0.2) is 0 Å². The van der Waals surface area contributed by atoms with Crippen LogP contribution in [0, 0.1) is 33.5 Å². The molecule has 0 bridgehead atoms. The number of rotatable bonds is 4. The van der Waals surface area contributed by atoms with Crippen molar-refractivity contribution < 1.29 is 17.9 Å². The molecule has 0 atom stereocenters. The van der Waals surface area contributed by atoms with E-state index in [2.05, 4.69) is 4.72 Å². The van der Waals surface area contributed by atoms with Crippen LogP contribution in [0.3, 0.4) is 0 Å². The minimum Gasteiger partial charge on any atom is -0.505 e. The molecule has 0 unspecified atom stereocenters. The first kappa shape index (κ1) is 20.9. The summed E-state index contributed by atoms with van der Waals surface area (Å²) in [5, 5.41) is 12.0. The first-order chi connectivity index (χ1) is 14.6. The van der Waals surface area contributed by atoms with Gasteiger partial charge in [-0.1, -0.05) is 18.2 Å². The number of phenols is 1. The van der Waals surface area contributed by atoms with E-state index >= 15 is 0 Å². The predicted molar refractivity (Wildman–Crippen MR) is 121 cm³/mol. The normalized spacial score (nSPS) is 11.8. The summed E-state index contributed by atoms with van der Waals surface area (Å²) in [6, 6.07) is 14.1. The highest BCUT2D eigenvalue weighted by molar-refractivity contribution is 7.92. The summed E-state index contributed by atoms with van der Waals surface area (Å²) < 4.78 is 43.5. The molecule has 4 aromatic rings. The number of aryl methyl sites for hydroxylation is 1. The van der Waals surface area contributed by atoms with Crippen LogP contribution >= 0.6 is 0 Å². The number of aromatic hydroxyl groups is 1. The highest BCUT2D eigenvalue weighted by Crippen LogP contribution is 2.38. The number of sulfonamides is 1. The third-order valence-corrected chi connectivity index (χ3v) is 7.26. The molecule has 0 aliphatic carbocycles. The zero-order valence-electron chi connectivity index (χ0n) is 17.7. The van der Waals surface area contributed by atoms with Gasteiger partial charge in [-0.05, 0) is 80.8 Å². The maximum absolute atomic E-state index is 13.2. The summed E-state index contributed by atoms with van der Waals surface area (Å²) in [5.74, 6) is -0.422. The van der Waals surface area contributed by atoms with Crippen molar-refractivity contribution in [1.29, 1.82) is 0 Å². The Morgan fingerprint density at radius 2 is 1.55 bits per heavy atom. The molecule has 4 rings (SSSR count). The Hall–Kier alpha value is -3.32. The van der Waals surface area contributed by atoms with E-state index in [0.29, 0.717) is 22.5 Å². The van der Waals surface area contributed by atoms with Crippen LogP contribution in [0.4, 0.5) is 10.1 Å². The first-order valence-corrected chi connectivity index (χ1v) is 11.3. The molecule has 5 nitrogen and oxygen atoms in total. The topological polar surface area (TPSA) is 71.3 Å². The van der Waals surface area contributed by atoms with E-state index in [1.165, 1.54) is 12.1 Å². The van der Waals surface area contributed by atoms with Crippen LogP contribution in [0.1, 0.15) is 22.4 Å². The molecule has 1 aromatic heterocycles. The lowest BCUT2D eigenvalue weighted by Crippen LogP contribution is -2.15. The lowest BCUT2D eigenvalue weighted by atomic mass is 10.1. The van der Waals surface area contributed by atoms with Gasteiger partial charge in [0.2, 0.25) is 0 Å². The molecule has 0 saturated heterocycles. The molecule has 0 amide bonds. The van der Waals surface area contributed by atoms with Crippen molar-refractivity contribution in [2.75, 3.05) is 4.72 Å². The number of aromatic nitrogens is 1. The Kier molecular flexibility index (Phi) is 5.01. The Balaban J connectivity index is 1.90. The number of hydrogen-bond donors (Lipinski definition) is 2. The van der Waals surface area contributed by atoms with Crippen LogP contribution in [-0.2, 0) is 10.0 Å². The van der Waals surface area contributed by atoms with Crippen molar-refractivity contribution in [3.63, 3.8) is 0 Å². The fourth-order valence-electron chi connectivity index (χ4n) is 3.82. The largest absolute Gasteiger partial charge is 0.505 e. The fraction of sp³-hybridized carbons (Fsp3) is 0.167. The monoisotopic (exact) mass is 438 g/mol. The van der Waals surface area contributed by atoms with Crippen LogP contribution in [-0.4, -0.2) is 18.1 Å². The van der Waals surface area contributed by atoms with Gasteiger partial charge >= 0.3 is 0 Å². The number of nitrogens with one attached hydrogen (secondary N) is 1. The summed E-state index contributed by atoms with van der Waals surface area (Å²) in [6.45, 7) is 7.47. The molecule has 2 N–H and O–H groups in total. The van der Waals surface area contributed by atoms with E-state index in [9.17, 15) is 17.9 Å². The lowest BCUT2D eigenvalue weighted by molar-refractivity contribution is 0.468. The number of hydrogen-bond acceptors (Lipinski definition) is 3. The van der Waals surface area contributed by atoms with Gasteiger partial charge in [-0.2, -0.15) is 0 Å². The third-order valence-electron chi connectivity index (χ3n) is 5.88. The summed E-state index contributed by atoms with van der Waals surface area (Å²) in [6.07, 6.45) is 0. The van der Waals surface area contributed by atoms with Crippen molar-refractivity contribution in [3.8, 4) is 11.4 Å². The zero-order valence-corrected chi connectivity index (χ0v) is 18.5. The molecule has 3 aromatic carbocycles. The van der Waals surface area contributed by atoms with Crippen molar-refractivity contribution in [2.24, 2.45) is 0 Å². The first-order valence-electron chi connectivity index (χ1n) is 9.80. The van der Waals surface area contributed by atoms with E-state index in [0.717, 1.165) is 34.3 Å². The lowest BCUT2D eigenvalue weighted by Gasteiger charge is -2.19. The number of halogens is 1. The van der Waals surface area contributed by atoms with E-state index in [4.69, 9.17) is 0 Å². The second-order valence-corrected chi connectivity index (χ2v) is 9.35. The summed E-state index contributed by atoms with van der Waals surface area (Å²) in [7, 11) is -3.94. The molecule has 0 fully saturated rings. The highest BCUT2D eigenvalue weighted by Gasteiger charge is 2.21. The quantitative estimate of drug-likeness (QED) is 0.413. The van der Waals surface area contributed by atoms with Crippen LogP contribution < -0.4 is 4.72 Å². The SMILES string of the molecule is Cc1c(NS(=O)(=O)c2ccc(F)cc2)cc(-n2c(C)c(C)c3ccccc32)c(O)c1C. The molecule has 160 valence electrons. The predicted octanol–water partition coefficient (Wildman–Crippen LogP) is 5.51. The number of benzene rings is 3. The number of anilines is 1. The highest BCUT2D eigenvalue weighted by atomic mass is 32.2. The molecular weight excluding hydrogens is 415 g/mol. The molecule has 0 spiro atoms. The van der Waals surface area contributed by atoms with Gasteiger partial charge in [0.05, 0.1) is 21.8 Å². The number of fused-ring (bicyclic) bond motifs is 1. The van der Waals surface area contributed by atoms with Crippen LogP contribution in [0.15, 0.2) is 59.5 Å². The fourth-order valence-corrected chi connectivity index (χ4v) is 4.93. The van der Waals surface area contributed by atoms with Crippen molar-refractivity contribution in [1.82, 2.24) is 4.57 Å². The molecule has 0 radical (unpaired) electrons. The van der Waals surface area contributed by atoms with Crippen molar-refractivity contribution in [3.05, 3.63) is 82.8 Å². The molecule has 0 aliphatic rings. The Morgan fingerprint density at radius 3 is 2.23 bits per heavy atom. The smallest absolute Gasteiger partial charge is 0.261 e. The van der Waals surface area contributed by atoms with Crippen molar-refractivity contribution in [2.45, 2.75) is 32.6 Å². The van der Waals surface area contributed by atoms with Gasteiger partial charge in [0, 0.05) is 11.1 Å². The number of nitrogens with zero attached hydrogens (tertiary/aromatic N) is 1. The van der Waals surface area contributed by atoms with Crippen LogP contribution in [0.25, 0.3) is 16.6 Å². The second-order valence-electron chi connectivity index (χ2n) is 7.66. The Bertz CT molecular complexity index is 1420. The van der Waals surface area contributed by atoms with Gasteiger partial charge in [-0.15, -0.1) is 0 Å². The molecule has 1 heterocycles. The minimum absolute atomic E-state index is 0.0426. The maximum Gasteiger partial charge on any atom is 0.261 e. The standard InChI is InChI=1S/C24H23FN2O3S/c1-14-15(2)24(28)23(27-17(4)16(3)20-7-5-6-8-22(20)27)13-21(14)26-31(29,30)19-11-9-18(25)10-12-19/h5-13,26,28H,1-4H3. The molecule has 31 heavy (non-hydrogen) atoms. The van der Waals surface area contributed by atoms with Crippen LogP contribution in [0.5, 0.6) is 5.75 Å². The average molecular weight is 439 g/mol. The molecular formula is C24H23FN2O3S. The van der Waals surface area contributed by atoms with Gasteiger partial charge < -0.3 is 9.67 Å². The molecule has 7 heteroatoms. The Labute approximate surface area is 180 Å². The summed E-state index contributed by atoms with van der Waals surface area (Å²) in [4.78, 5) is -0.0426. The average Bonchev–Trinajstić information content (AvgIpc) is 2.99. The summed E-state index contributed by atoms with van der Waals surface area (Å²) in [5.41, 5.74) is 4.98. The van der Waals surface area contributed by atoms with E-state index < -0.39 is 15.8 Å². The maximum atomic E-state index is 13.2. The Morgan fingerprint density at radius 1 is 0.903 bits per heavy atom. The van der Waals surface area contributed by atoms with E-state index in [1.807, 2.05) is 42.7 Å². The number of para-hydroxylation sites is 1. The van der Waals surface area contributed by atoms with Gasteiger partial charge in [0.1, 0.15) is 11.6 Å². The van der Waals surface area contributed by atoms with E-state index in [1.54, 1.807) is 19.9 Å². The summed E-state index contributed by atoms with van der Waals surface area (Å²) >= 11 is 0. The minimum atomic E-state index is -3.94. The molecule has 0 saturated carbocycles. The zero-order chi connectivity index (χ0) is 22.5. The van der Waals surface area contributed by atoms with Gasteiger partial charge in [0.25, 0.3) is 10.0 Å². The van der Waals surface area contributed by atoms with Gasteiger partial charge in [-0.3, -0.25) is 4.72 Å². The van der Waals surface area contributed by atoms with Crippen LogP contribution in [0.2, 0.25) is 0 Å². The van der Waals surface area contributed by atoms with E-state index in [-0.39, 0.29) is 10.6 Å². The second kappa shape index (κ2) is 7.42. The van der Waals surface area contributed by atoms with Crippen molar-refractivity contribution >= 4 is 26.6 Å².